The molecule has 0 fully saturated rings. The van der Waals surface area contributed by atoms with Gasteiger partial charge in [0.1, 0.15) is 32.3 Å². The van der Waals surface area contributed by atoms with Crippen molar-refractivity contribution in [1.29, 1.82) is 0 Å². The fourth-order valence-electron chi connectivity index (χ4n) is 7.59. The van der Waals surface area contributed by atoms with Gasteiger partial charge in [0.05, 0.1) is 0 Å². The molecular formula is C54H66Cl6O12. The van der Waals surface area contributed by atoms with Gasteiger partial charge >= 0.3 is 35.8 Å². The first kappa shape index (κ1) is 60.8. The molecule has 0 saturated carbocycles. The lowest BCUT2D eigenvalue weighted by molar-refractivity contribution is -0.137. The molecule has 6 atom stereocenters. The first-order valence-electron chi connectivity index (χ1n) is 24.3. The van der Waals surface area contributed by atoms with Crippen LogP contribution < -0.4 is 28.4 Å². The summed E-state index contributed by atoms with van der Waals surface area (Å²) in [6.45, 7) is 22.6. The predicted molar refractivity (Wildman–Crippen MR) is 287 cm³/mol. The quantitative estimate of drug-likeness (QED) is 0.0283. The number of benzene rings is 4. The van der Waals surface area contributed by atoms with Gasteiger partial charge in [-0.2, -0.15) is 0 Å². The normalized spacial score (nSPS) is 14.5. The Hall–Kier alpha value is -3.78. The smallest absolute Gasteiger partial charge is 0.329 e. The van der Waals surface area contributed by atoms with E-state index in [2.05, 4.69) is 0 Å². The van der Waals surface area contributed by atoms with Crippen molar-refractivity contribution in [2.75, 3.05) is 0 Å². The lowest BCUT2D eigenvalue weighted by atomic mass is 9.93. The summed E-state index contributed by atoms with van der Waals surface area (Å²) in [5, 5.41) is -4.94. The van der Waals surface area contributed by atoms with Crippen LogP contribution >= 0.6 is 69.6 Å². The SMILES string of the molecule is CC(C)C[C@H](Cl)C(=O)Oc1cc2c3cc(OC(=O)[C@@H](Cl)CC(C)C)c(OC(=O)[C@@H](Cl)CC(C)C)cc3c3cc(OC(=O)[C@@H](Cl)CC(C)C)c(OC(=O)[C@@H](Cl)CC(C)C)cc3c2cc1OC(=O)[C@@H](Cl)CC(C)C. The Labute approximate surface area is 452 Å². The van der Waals surface area contributed by atoms with Gasteiger partial charge in [0.2, 0.25) is 0 Å². The second-order valence-corrected chi connectivity index (χ2v) is 23.8. The van der Waals surface area contributed by atoms with E-state index >= 15 is 0 Å². The molecule has 4 aromatic carbocycles. The molecule has 0 radical (unpaired) electrons. The van der Waals surface area contributed by atoms with Crippen LogP contribution in [-0.2, 0) is 28.8 Å². The van der Waals surface area contributed by atoms with Gasteiger partial charge in [-0.15, -0.1) is 69.6 Å². The van der Waals surface area contributed by atoms with Crippen LogP contribution in [0.25, 0.3) is 32.3 Å². The van der Waals surface area contributed by atoms with E-state index in [-0.39, 0.29) is 141 Å². The van der Waals surface area contributed by atoms with Crippen molar-refractivity contribution < 1.29 is 57.2 Å². The van der Waals surface area contributed by atoms with E-state index in [4.69, 9.17) is 98.0 Å². The number of alkyl halides is 6. The highest BCUT2D eigenvalue weighted by Gasteiger charge is 2.31. The van der Waals surface area contributed by atoms with Crippen molar-refractivity contribution in [3.63, 3.8) is 0 Å². The molecular weight excluding hydrogens is 1050 g/mol. The van der Waals surface area contributed by atoms with Crippen LogP contribution in [0.1, 0.15) is 122 Å². The van der Waals surface area contributed by atoms with E-state index in [1.54, 1.807) is 0 Å². The number of halogens is 6. The fraction of sp³-hybridized carbons (Fsp3) is 0.556. The molecule has 18 heteroatoms. The van der Waals surface area contributed by atoms with Gasteiger partial charge < -0.3 is 28.4 Å². The molecule has 0 saturated heterocycles. The Morgan fingerprint density at radius 3 is 0.486 bits per heavy atom. The van der Waals surface area contributed by atoms with Crippen molar-refractivity contribution in [2.24, 2.45) is 35.5 Å². The number of carbonyl (C=O) groups is 6. The zero-order chi connectivity index (χ0) is 54.0. The third-order valence-corrected chi connectivity index (χ3v) is 13.1. The highest BCUT2D eigenvalue weighted by molar-refractivity contribution is 6.33. The van der Waals surface area contributed by atoms with E-state index in [1.807, 2.05) is 83.1 Å². The van der Waals surface area contributed by atoms with Crippen LogP contribution in [0.15, 0.2) is 36.4 Å². The van der Waals surface area contributed by atoms with E-state index in [1.165, 1.54) is 36.4 Å². The molecule has 0 aliphatic heterocycles. The van der Waals surface area contributed by atoms with Crippen LogP contribution in [0.5, 0.6) is 34.5 Å². The van der Waals surface area contributed by atoms with Crippen molar-refractivity contribution in [1.82, 2.24) is 0 Å². The summed E-state index contributed by atoms with van der Waals surface area (Å²) in [5.41, 5.74) is 0. The molecule has 396 valence electrons. The summed E-state index contributed by atoms with van der Waals surface area (Å²) in [7, 11) is 0. The third-order valence-electron chi connectivity index (χ3n) is 11.0. The maximum Gasteiger partial charge on any atom is 0.329 e. The summed E-state index contributed by atoms with van der Waals surface area (Å²) >= 11 is 39.4. The highest BCUT2D eigenvalue weighted by Crippen LogP contribution is 2.48. The van der Waals surface area contributed by atoms with Crippen LogP contribution in [0.3, 0.4) is 0 Å². The van der Waals surface area contributed by atoms with Crippen LogP contribution in [-0.4, -0.2) is 68.1 Å². The molecule has 4 rings (SSSR count). The second kappa shape index (κ2) is 27.1. The zero-order valence-corrected chi connectivity index (χ0v) is 47.3. The number of carbonyl (C=O) groups excluding carboxylic acids is 6. The molecule has 0 amide bonds. The van der Waals surface area contributed by atoms with Gasteiger partial charge in [0.25, 0.3) is 0 Å². The second-order valence-electron chi connectivity index (χ2n) is 20.6. The Morgan fingerprint density at radius 2 is 0.389 bits per heavy atom. The summed E-state index contributed by atoms with van der Waals surface area (Å²) < 4.78 is 35.7. The lowest BCUT2D eigenvalue weighted by Crippen LogP contribution is -2.25. The van der Waals surface area contributed by atoms with E-state index < -0.39 is 68.1 Å². The minimum Gasteiger partial charge on any atom is -0.421 e. The molecule has 0 unspecified atom stereocenters. The molecule has 12 nitrogen and oxygen atoms in total. The number of ether oxygens (including phenoxy) is 6. The first-order valence-corrected chi connectivity index (χ1v) is 26.9. The third kappa shape index (κ3) is 17.1. The van der Waals surface area contributed by atoms with Gasteiger partial charge in [-0.1, -0.05) is 83.1 Å². The zero-order valence-electron chi connectivity index (χ0n) is 42.8. The fourth-order valence-corrected chi connectivity index (χ4v) is 10.00. The molecule has 72 heavy (non-hydrogen) atoms. The van der Waals surface area contributed by atoms with Crippen LogP contribution in [0.4, 0.5) is 0 Å². The van der Waals surface area contributed by atoms with Gasteiger partial charge in [-0.05, 0) is 143 Å². The maximum atomic E-state index is 13.7. The molecule has 0 aliphatic rings. The molecule has 0 N–H and O–H groups in total. The molecule has 0 aliphatic carbocycles. The summed E-state index contributed by atoms with van der Waals surface area (Å²) in [4.78, 5) is 82.2. The maximum absolute atomic E-state index is 13.7. The number of hydrogen-bond acceptors (Lipinski definition) is 12. The molecule has 4 aromatic rings. The summed E-state index contributed by atoms with van der Waals surface area (Å²) in [5.74, 6) is -6.42. The average molecular weight is 1120 g/mol. The Kier molecular flexibility index (Phi) is 22.9. The van der Waals surface area contributed by atoms with E-state index in [0.29, 0.717) is 0 Å². The predicted octanol–water partition coefficient (Wildman–Crippen LogP) is 14.5. The van der Waals surface area contributed by atoms with Gasteiger partial charge in [-0.3, -0.25) is 28.8 Å². The average Bonchev–Trinajstić information content (AvgIpc) is 3.25. The number of fused-ring (bicyclic) bond motifs is 6. The number of esters is 6. The Morgan fingerprint density at radius 1 is 0.278 bits per heavy atom. The lowest BCUT2D eigenvalue weighted by Gasteiger charge is -2.21. The van der Waals surface area contributed by atoms with E-state index in [9.17, 15) is 28.8 Å². The number of hydrogen-bond donors (Lipinski definition) is 0. The van der Waals surface area contributed by atoms with Crippen molar-refractivity contribution >= 4 is 138 Å². The minimum absolute atomic E-state index is 0.00625. The number of rotatable bonds is 24. The molecule has 0 spiro atoms. The highest BCUT2D eigenvalue weighted by atomic mass is 35.5. The Balaban J connectivity index is 2.27. The van der Waals surface area contributed by atoms with Crippen molar-refractivity contribution in [2.45, 2.75) is 154 Å². The van der Waals surface area contributed by atoms with Gasteiger partial charge in [0, 0.05) is 0 Å². The van der Waals surface area contributed by atoms with Gasteiger partial charge in [-0.25, -0.2) is 0 Å². The largest absolute Gasteiger partial charge is 0.421 e. The first-order chi connectivity index (χ1) is 33.6. The minimum atomic E-state index is -1.11. The Bertz CT molecular complexity index is 2130. The topological polar surface area (TPSA) is 158 Å². The van der Waals surface area contributed by atoms with Crippen LogP contribution in [0.2, 0.25) is 0 Å². The molecule has 0 aromatic heterocycles. The summed E-state index contributed by atoms with van der Waals surface area (Å²) in [6, 6.07) is 8.59. The molecule has 0 heterocycles. The van der Waals surface area contributed by atoms with E-state index in [0.717, 1.165) is 0 Å². The van der Waals surface area contributed by atoms with Crippen molar-refractivity contribution in [3.05, 3.63) is 36.4 Å². The standard InChI is InChI=1S/C54H66Cl6O12/c1-25(2)13-37(55)49(61)67-43-19-31-32(20-44(43)68-50(62)38(56)14-26(3)4)34-22-46(70-52(64)40(58)16-28(7)8)48(72-54(66)42(60)18-30(11)12)24-36(34)35-23-47(71-53(65)41(59)17-29(9)10)45(21-33(31)35)69-51(63)39(57)15-27(5)6/h19-30,37-42H,13-18H2,1-12H3/t37-,38-,39-,40-,41-,42-/m0/s1. The molecule has 0 bridgehead atoms. The van der Waals surface area contributed by atoms with Gasteiger partial charge in [0.15, 0.2) is 34.5 Å². The van der Waals surface area contributed by atoms with Crippen molar-refractivity contribution in [3.8, 4) is 34.5 Å². The summed E-state index contributed by atoms with van der Waals surface area (Å²) in [6.07, 6.45) is 1.50. The monoisotopic (exact) mass is 1120 g/mol. The van der Waals surface area contributed by atoms with Crippen LogP contribution in [0, 0.1) is 35.5 Å².